The zero-order valence-electron chi connectivity index (χ0n) is 9.33. The lowest BCUT2D eigenvalue weighted by atomic mass is 10.2. The Morgan fingerprint density at radius 1 is 1.35 bits per heavy atom. The summed E-state index contributed by atoms with van der Waals surface area (Å²) in [5, 5.41) is 9.15. The Morgan fingerprint density at radius 2 is 2.00 bits per heavy atom. The molecule has 5 nitrogen and oxygen atoms in total. The summed E-state index contributed by atoms with van der Waals surface area (Å²) in [7, 11) is -3.72. The van der Waals surface area contributed by atoms with E-state index in [1.54, 1.807) is 19.1 Å². The van der Waals surface area contributed by atoms with Gasteiger partial charge in [-0.15, -0.1) is 0 Å². The molecule has 1 aliphatic rings. The molecule has 0 aliphatic carbocycles. The topological polar surface area (TPSA) is 74.7 Å². The van der Waals surface area contributed by atoms with Gasteiger partial charge in [-0.2, -0.15) is 0 Å². The second-order valence-electron chi connectivity index (χ2n) is 4.02. The molecule has 1 amide bonds. The third-order valence-electron chi connectivity index (χ3n) is 2.66. The molecule has 0 bridgehead atoms. The predicted molar refractivity (Wildman–Crippen MR) is 61.0 cm³/mol. The van der Waals surface area contributed by atoms with Gasteiger partial charge >= 0.3 is 0 Å². The van der Waals surface area contributed by atoms with E-state index in [1.807, 2.05) is 0 Å². The number of benzene rings is 1. The quantitative estimate of drug-likeness (QED) is 0.858. The molecule has 0 radical (unpaired) electrons. The molecule has 0 spiro atoms. The van der Waals surface area contributed by atoms with Crippen LogP contribution in [0.5, 0.6) is 0 Å². The molecule has 0 saturated heterocycles. The summed E-state index contributed by atoms with van der Waals surface area (Å²) in [5.41, 5.74) is 0.207. The number of aliphatic hydroxyl groups is 1. The van der Waals surface area contributed by atoms with Crippen LogP contribution in [0.15, 0.2) is 29.2 Å². The lowest BCUT2D eigenvalue weighted by molar-refractivity contribution is 0.0854. The number of aliphatic hydroxyl groups excluding tert-OH is 1. The molecule has 1 aromatic rings. The van der Waals surface area contributed by atoms with Crippen LogP contribution in [0.4, 0.5) is 0 Å². The third-order valence-corrected chi connectivity index (χ3v) is 4.50. The summed E-state index contributed by atoms with van der Waals surface area (Å²) >= 11 is 0. The average molecular weight is 255 g/mol. The predicted octanol–water partition coefficient (Wildman–Crippen LogP) is 0.602. The van der Waals surface area contributed by atoms with Gasteiger partial charge in [-0.05, 0) is 25.5 Å². The minimum absolute atomic E-state index is 0.00745. The highest BCUT2D eigenvalue weighted by molar-refractivity contribution is 7.90. The maximum Gasteiger partial charge on any atom is 0.269 e. The molecule has 1 unspecified atom stereocenters. The number of carbonyl (C=O) groups is 1. The Hall–Kier alpha value is -1.40. The molecule has 1 N–H and O–H groups in total. The largest absolute Gasteiger partial charge is 0.393 e. The van der Waals surface area contributed by atoms with Gasteiger partial charge in [-0.3, -0.25) is 4.79 Å². The molecular weight excluding hydrogens is 242 g/mol. The number of hydrogen-bond donors (Lipinski definition) is 1. The Balaban J connectivity index is 2.38. The Bertz CT molecular complexity index is 550. The standard InChI is InChI=1S/C11H13NO4S/c1-8(13)6-7-12-11(14)9-4-2-3-5-10(9)17(12,15)16/h2-5,8,13H,6-7H2,1H3. The van der Waals surface area contributed by atoms with E-state index in [0.717, 1.165) is 4.31 Å². The molecule has 0 fully saturated rings. The van der Waals surface area contributed by atoms with Gasteiger partial charge in [-0.1, -0.05) is 12.1 Å². The number of amides is 1. The van der Waals surface area contributed by atoms with Crippen molar-refractivity contribution >= 4 is 15.9 Å². The SMILES string of the molecule is CC(O)CCN1C(=O)c2ccccc2S1(=O)=O. The van der Waals surface area contributed by atoms with Gasteiger partial charge in [0.1, 0.15) is 4.90 Å². The fourth-order valence-corrected chi connectivity index (χ4v) is 3.34. The number of sulfonamides is 1. The monoisotopic (exact) mass is 255 g/mol. The van der Waals surface area contributed by atoms with Crippen molar-refractivity contribution < 1.29 is 18.3 Å². The van der Waals surface area contributed by atoms with Crippen LogP contribution in [-0.2, 0) is 10.0 Å². The second-order valence-corrected chi connectivity index (χ2v) is 5.85. The van der Waals surface area contributed by atoms with E-state index in [0.29, 0.717) is 0 Å². The van der Waals surface area contributed by atoms with Crippen molar-refractivity contribution in [3.05, 3.63) is 29.8 Å². The van der Waals surface area contributed by atoms with E-state index in [9.17, 15) is 13.2 Å². The molecule has 1 aliphatic heterocycles. The van der Waals surface area contributed by atoms with Crippen LogP contribution in [0.2, 0.25) is 0 Å². The first-order valence-electron chi connectivity index (χ1n) is 5.29. The van der Waals surface area contributed by atoms with Crippen molar-refractivity contribution in [2.75, 3.05) is 6.54 Å². The highest BCUT2D eigenvalue weighted by Gasteiger charge is 2.40. The minimum Gasteiger partial charge on any atom is -0.393 e. The van der Waals surface area contributed by atoms with E-state index in [-0.39, 0.29) is 23.4 Å². The first-order chi connectivity index (χ1) is 7.94. The summed E-state index contributed by atoms with van der Waals surface area (Å²) in [4.78, 5) is 11.9. The highest BCUT2D eigenvalue weighted by atomic mass is 32.2. The Morgan fingerprint density at radius 3 is 2.59 bits per heavy atom. The molecule has 1 atom stereocenters. The maximum atomic E-state index is 12.0. The van der Waals surface area contributed by atoms with Crippen molar-refractivity contribution in [3.8, 4) is 0 Å². The zero-order valence-corrected chi connectivity index (χ0v) is 10.1. The lowest BCUT2D eigenvalue weighted by Gasteiger charge is -2.15. The second kappa shape index (κ2) is 4.12. The van der Waals surface area contributed by atoms with Crippen LogP contribution in [-0.4, -0.2) is 36.4 Å². The van der Waals surface area contributed by atoms with Crippen LogP contribution in [0.1, 0.15) is 23.7 Å². The van der Waals surface area contributed by atoms with Crippen LogP contribution in [0, 0.1) is 0 Å². The van der Waals surface area contributed by atoms with E-state index < -0.39 is 22.0 Å². The smallest absolute Gasteiger partial charge is 0.269 e. The molecule has 1 aromatic carbocycles. The van der Waals surface area contributed by atoms with Gasteiger partial charge in [-0.25, -0.2) is 12.7 Å². The lowest BCUT2D eigenvalue weighted by Crippen LogP contribution is -2.32. The van der Waals surface area contributed by atoms with E-state index in [2.05, 4.69) is 0 Å². The van der Waals surface area contributed by atoms with Crippen molar-refractivity contribution in [2.24, 2.45) is 0 Å². The molecule has 0 aromatic heterocycles. The molecule has 2 rings (SSSR count). The van der Waals surface area contributed by atoms with Crippen molar-refractivity contribution in [3.63, 3.8) is 0 Å². The molecular formula is C11H13NO4S. The Kier molecular flexibility index (Phi) is 2.92. The number of rotatable bonds is 3. The van der Waals surface area contributed by atoms with E-state index >= 15 is 0 Å². The van der Waals surface area contributed by atoms with Crippen molar-refractivity contribution in [1.82, 2.24) is 4.31 Å². The molecule has 0 saturated carbocycles. The summed E-state index contributed by atoms with van der Waals surface area (Å²) in [6.07, 6.45) is -0.402. The zero-order chi connectivity index (χ0) is 12.6. The molecule has 1 heterocycles. The summed E-state index contributed by atoms with van der Waals surface area (Å²) in [6, 6.07) is 6.13. The summed E-state index contributed by atoms with van der Waals surface area (Å²) in [5.74, 6) is -0.513. The van der Waals surface area contributed by atoms with Gasteiger partial charge in [0.15, 0.2) is 0 Å². The van der Waals surface area contributed by atoms with Gasteiger partial charge < -0.3 is 5.11 Å². The van der Waals surface area contributed by atoms with Crippen LogP contribution >= 0.6 is 0 Å². The van der Waals surface area contributed by atoms with Gasteiger partial charge in [0, 0.05) is 6.54 Å². The van der Waals surface area contributed by atoms with Crippen LogP contribution < -0.4 is 0 Å². The van der Waals surface area contributed by atoms with Crippen molar-refractivity contribution in [2.45, 2.75) is 24.3 Å². The molecule has 17 heavy (non-hydrogen) atoms. The highest BCUT2D eigenvalue weighted by Crippen LogP contribution is 2.29. The minimum atomic E-state index is -3.72. The fourth-order valence-electron chi connectivity index (χ4n) is 1.76. The van der Waals surface area contributed by atoms with Crippen LogP contribution in [0.25, 0.3) is 0 Å². The number of carbonyl (C=O) groups excluding carboxylic acids is 1. The normalized spacial score (nSPS) is 19.2. The molecule has 6 heteroatoms. The van der Waals surface area contributed by atoms with E-state index in [4.69, 9.17) is 5.11 Å². The van der Waals surface area contributed by atoms with Crippen LogP contribution in [0.3, 0.4) is 0 Å². The first kappa shape index (κ1) is 12.1. The van der Waals surface area contributed by atoms with Gasteiger partial charge in [0.05, 0.1) is 11.7 Å². The van der Waals surface area contributed by atoms with Gasteiger partial charge in [0.25, 0.3) is 15.9 Å². The summed E-state index contributed by atoms with van der Waals surface area (Å²) in [6.45, 7) is 1.56. The average Bonchev–Trinajstić information content (AvgIpc) is 2.46. The number of nitrogens with zero attached hydrogens (tertiary/aromatic N) is 1. The third kappa shape index (κ3) is 1.94. The van der Waals surface area contributed by atoms with E-state index in [1.165, 1.54) is 12.1 Å². The molecule has 92 valence electrons. The number of hydrogen-bond acceptors (Lipinski definition) is 4. The van der Waals surface area contributed by atoms with Gasteiger partial charge in [0.2, 0.25) is 0 Å². The Labute approximate surface area is 99.7 Å². The fraction of sp³-hybridized carbons (Fsp3) is 0.364. The number of fused-ring (bicyclic) bond motifs is 1. The van der Waals surface area contributed by atoms with Crippen molar-refractivity contribution in [1.29, 1.82) is 0 Å². The first-order valence-corrected chi connectivity index (χ1v) is 6.73. The maximum absolute atomic E-state index is 12.0. The summed E-state index contributed by atoms with van der Waals surface area (Å²) < 4.78 is 24.9.